The monoisotopic (exact) mass is 379 g/mol. The molecule has 0 aliphatic carbocycles. The second-order valence-corrected chi connectivity index (χ2v) is 6.34. The summed E-state index contributed by atoms with van der Waals surface area (Å²) in [5.74, 6) is -3.44. The summed E-state index contributed by atoms with van der Waals surface area (Å²) in [6.07, 6.45) is -0.166. The van der Waals surface area contributed by atoms with E-state index in [4.69, 9.17) is 5.11 Å². The topological polar surface area (TPSA) is 127 Å². The molecular formula is C20H18BNO6. The van der Waals surface area contributed by atoms with Crippen LogP contribution >= 0.6 is 0 Å². The number of carbonyl (C=O) groups excluding carboxylic acids is 1. The fraction of sp³-hybridized carbons (Fsp3) is 0.100. The van der Waals surface area contributed by atoms with Crippen LogP contribution in [-0.4, -0.2) is 45.2 Å². The largest absolute Gasteiger partial charge is 0.507 e. The first-order chi connectivity index (χ1) is 13.4. The third-order valence-corrected chi connectivity index (χ3v) is 4.50. The normalized spacial score (nSPS) is 11.8. The third kappa shape index (κ3) is 3.98. The van der Waals surface area contributed by atoms with Gasteiger partial charge in [0.25, 0.3) is 5.91 Å². The van der Waals surface area contributed by atoms with Gasteiger partial charge in [-0.15, -0.1) is 0 Å². The van der Waals surface area contributed by atoms with Crippen LogP contribution in [0.5, 0.6) is 5.75 Å². The molecule has 0 aromatic heterocycles. The third-order valence-electron chi connectivity index (χ3n) is 4.50. The second kappa shape index (κ2) is 8.12. The highest BCUT2D eigenvalue weighted by molar-refractivity contribution is 6.44. The lowest BCUT2D eigenvalue weighted by molar-refractivity contribution is 0.0693. The molecule has 1 amide bonds. The molecule has 0 saturated heterocycles. The minimum atomic E-state index is -1.91. The maximum absolute atomic E-state index is 12.7. The number of phenols is 1. The maximum Gasteiger partial charge on any atom is 0.475 e. The van der Waals surface area contributed by atoms with E-state index in [0.717, 1.165) is 5.39 Å². The Bertz CT molecular complexity index is 1030. The number of amides is 1. The summed E-state index contributed by atoms with van der Waals surface area (Å²) in [6.45, 7) is 0. The molecule has 5 N–H and O–H groups in total. The van der Waals surface area contributed by atoms with Crippen molar-refractivity contribution in [3.8, 4) is 5.75 Å². The van der Waals surface area contributed by atoms with Crippen molar-refractivity contribution in [3.63, 3.8) is 0 Å². The number of aromatic carboxylic acids is 1. The van der Waals surface area contributed by atoms with Gasteiger partial charge in [0, 0.05) is 5.56 Å². The summed E-state index contributed by atoms with van der Waals surface area (Å²) in [5.41, 5.74) is 0.243. The molecule has 142 valence electrons. The minimum absolute atomic E-state index is 0.166. The number of aromatic hydroxyl groups is 1. The lowest BCUT2D eigenvalue weighted by Gasteiger charge is -2.19. The van der Waals surface area contributed by atoms with Gasteiger partial charge in [-0.2, -0.15) is 0 Å². The molecule has 0 aliphatic heterocycles. The molecule has 0 spiro atoms. The van der Waals surface area contributed by atoms with E-state index in [9.17, 15) is 24.7 Å². The van der Waals surface area contributed by atoms with Crippen molar-refractivity contribution < 1.29 is 29.9 Å². The molecule has 0 radical (unpaired) electrons. The van der Waals surface area contributed by atoms with Crippen LogP contribution in [0.25, 0.3) is 10.8 Å². The number of para-hydroxylation sites is 1. The molecule has 0 saturated carbocycles. The van der Waals surface area contributed by atoms with Crippen LogP contribution in [0.3, 0.4) is 0 Å². The summed E-state index contributed by atoms with van der Waals surface area (Å²) in [7, 11) is -1.91. The molecule has 3 aromatic carbocycles. The highest BCUT2D eigenvalue weighted by Gasteiger charge is 2.28. The Balaban J connectivity index is 1.87. The van der Waals surface area contributed by atoms with Gasteiger partial charge in [0.15, 0.2) is 0 Å². The van der Waals surface area contributed by atoms with E-state index in [1.54, 1.807) is 24.3 Å². The number of hydrogen-bond donors (Lipinski definition) is 5. The van der Waals surface area contributed by atoms with Crippen molar-refractivity contribution in [2.75, 3.05) is 0 Å². The maximum atomic E-state index is 12.7. The summed E-state index contributed by atoms with van der Waals surface area (Å²) >= 11 is 0. The Morgan fingerprint density at radius 2 is 1.57 bits per heavy atom. The van der Waals surface area contributed by atoms with Gasteiger partial charge >= 0.3 is 13.1 Å². The molecule has 0 aliphatic rings. The van der Waals surface area contributed by atoms with Gasteiger partial charge in [-0.1, -0.05) is 48.5 Å². The van der Waals surface area contributed by atoms with Crippen molar-refractivity contribution >= 4 is 29.8 Å². The van der Waals surface area contributed by atoms with Crippen LogP contribution in [0.4, 0.5) is 0 Å². The lowest BCUT2D eigenvalue weighted by Crippen LogP contribution is -2.48. The number of hydrogen-bond acceptors (Lipinski definition) is 5. The number of carboxylic acid groups (broad SMARTS) is 1. The smallest absolute Gasteiger partial charge is 0.475 e. The van der Waals surface area contributed by atoms with Crippen molar-refractivity contribution in [2.45, 2.75) is 12.4 Å². The van der Waals surface area contributed by atoms with Crippen molar-refractivity contribution in [3.05, 3.63) is 77.4 Å². The van der Waals surface area contributed by atoms with Crippen LogP contribution in [0.15, 0.2) is 60.7 Å². The average Bonchev–Trinajstić information content (AvgIpc) is 2.68. The summed E-state index contributed by atoms with van der Waals surface area (Å²) < 4.78 is 0. The van der Waals surface area contributed by atoms with Gasteiger partial charge in [-0.3, -0.25) is 4.79 Å². The SMILES string of the molecule is O=C(O)c1cccc(C[C@H](NC(=O)c2cccc3ccccc23)B(O)O)c1O. The zero-order valence-corrected chi connectivity index (χ0v) is 14.7. The number of nitrogens with one attached hydrogen (secondary N) is 1. The Morgan fingerprint density at radius 3 is 2.29 bits per heavy atom. The average molecular weight is 379 g/mol. The zero-order valence-electron chi connectivity index (χ0n) is 14.7. The molecule has 3 aromatic rings. The Hall–Kier alpha value is -3.36. The fourth-order valence-corrected chi connectivity index (χ4v) is 3.07. The fourth-order valence-electron chi connectivity index (χ4n) is 3.07. The number of benzene rings is 3. The summed E-state index contributed by atoms with van der Waals surface area (Å²) in [6, 6.07) is 16.6. The predicted octanol–water partition coefficient (Wildman–Crippen LogP) is 1.60. The first kappa shape index (κ1) is 19.4. The molecule has 0 bridgehead atoms. The van der Waals surface area contributed by atoms with Gasteiger partial charge in [0.1, 0.15) is 11.3 Å². The van der Waals surface area contributed by atoms with Crippen LogP contribution in [0, 0.1) is 0 Å². The van der Waals surface area contributed by atoms with Crippen LogP contribution in [-0.2, 0) is 6.42 Å². The molecule has 8 heteroatoms. The molecule has 3 rings (SSSR count). The molecule has 1 atom stereocenters. The van der Waals surface area contributed by atoms with E-state index in [1.165, 1.54) is 18.2 Å². The highest BCUT2D eigenvalue weighted by Crippen LogP contribution is 2.24. The first-order valence-electron chi connectivity index (χ1n) is 8.57. The zero-order chi connectivity index (χ0) is 20.3. The molecule has 28 heavy (non-hydrogen) atoms. The standard InChI is InChI=1S/C20H18BNO6/c23-18-13(7-4-10-16(18)20(25)26)11-17(21(27)28)22-19(24)15-9-3-6-12-5-1-2-8-14(12)15/h1-10,17,23,27-28H,11H2,(H,22,24)(H,25,26)/t17-/m0/s1. The highest BCUT2D eigenvalue weighted by atomic mass is 16.4. The molecule has 7 nitrogen and oxygen atoms in total. The Morgan fingerprint density at radius 1 is 0.929 bits per heavy atom. The first-order valence-corrected chi connectivity index (χ1v) is 8.57. The quantitative estimate of drug-likeness (QED) is 0.414. The van der Waals surface area contributed by atoms with Crippen molar-refractivity contribution in [2.24, 2.45) is 0 Å². The van der Waals surface area contributed by atoms with E-state index in [1.807, 2.05) is 18.2 Å². The van der Waals surface area contributed by atoms with E-state index < -0.39 is 30.7 Å². The molecule has 0 fully saturated rings. The minimum Gasteiger partial charge on any atom is -0.507 e. The number of fused-ring (bicyclic) bond motifs is 1. The van der Waals surface area contributed by atoms with Crippen LogP contribution < -0.4 is 5.32 Å². The van der Waals surface area contributed by atoms with Crippen molar-refractivity contribution in [1.82, 2.24) is 5.32 Å². The number of carboxylic acids is 1. The van der Waals surface area contributed by atoms with Gasteiger partial charge in [-0.25, -0.2) is 4.79 Å². The van der Waals surface area contributed by atoms with Crippen LogP contribution in [0.1, 0.15) is 26.3 Å². The molecule has 0 unspecified atom stereocenters. The van der Waals surface area contributed by atoms with Gasteiger partial charge < -0.3 is 25.6 Å². The van der Waals surface area contributed by atoms with E-state index in [0.29, 0.717) is 10.9 Å². The number of carbonyl (C=O) groups is 2. The summed E-state index contributed by atoms with van der Waals surface area (Å²) in [4.78, 5) is 23.9. The van der Waals surface area contributed by atoms with Crippen LogP contribution in [0.2, 0.25) is 0 Å². The number of rotatable bonds is 6. The Labute approximate surface area is 161 Å². The molecule has 0 heterocycles. The Kier molecular flexibility index (Phi) is 5.63. The van der Waals surface area contributed by atoms with Gasteiger partial charge in [0.05, 0.1) is 5.94 Å². The van der Waals surface area contributed by atoms with E-state index in [-0.39, 0.29) is 17.5 Å². The summed E-state index contributed by atoms with van der Waals surface area (Å²) in [5, 5.41) is 42.7. The predicted molar refractivity (Wildman–Crippen MR) is 104 cm³/mol. The van der Waals surface area contributed by atoms with Gasteiger partial charge in [-0.05, 0) is 34.9 Å². The van der Waals surface area contributed by atoms with Gasteiger partial charge in [0.2, 0.25) is 0 Å². The second-order valence-electron chi connectivity index (χ2n) is 6.34. The molecular weight excluding hydrogens is 361 g/mol. The lowest BCUT2D eigenvalue weighted by atomic mass is 9.75. The van der Waals surface area contributed by atoms with E-state index in [2.05, 4.69) is 5.32 Å². The van der Waals surface area contributed by atoms with Crippen molar-refractivity contribution in [1.29, 1.82) is 0 Å². The van der Waals surface area contributed by atoms with E-state index >= 15 is 0 Å².